The molecule has 6 nitrogen and oxygen atoms in total. The first-order valence-electron chi connectivity index (χ1n) is 31.7. The lowest BCUT2D eigenvalue weighted by molar-refractivity contribution is -0.124. The number of rotatable bonds is 40. The standard InChI is InChI=1S/C72H98N4O2/c1-5-9-13-17-21-23-27-31-35-59(33-29-25-19-15-11-7-3)55-75-69(65-49-45-63(46-50-65)61-41-37-57(53-73)38-42-61)67-68(71(75)77)70(66-51-47-64(48-52-66)62-43-39-58(54-74)40-44-62)76(72(67)78)56-60(34-30-26-20-16-12-8-4)36-32-28-24-22-18-14-10-6-2/h37-52,59-60H,5-36,55-56H2,1-4H3. The van der Waals surface area contributed by atoms with Crippen LogP contribution >= 0.6 is 0 Å². The van der Waals surface area contributed by atoms with Crippen LogP contribution in [0.2, 0.25) is 0 Å². The Hall–Kier alpha value is -5.72. The van der Waals surface area contributed by atoms with Gasteiger partial charge in [0.25, 0.3) is 11.8 Å². The number of amides is 2. The predicted molar refractivity (Wildman–Crippen MR) is 328 cm³/mol. The Kier molecular flexibility index (Phi) is 27.6. The molecule has 2 atom stereocenters. The summed E-state index contributed by atoms with van der Waals surface area (Å²) in [5.74, 6) is 0.556. The van der Waals surface area contributed by atoms with Crippen LogP contribution in [0.3, 0.4) is 0 Å². The monoisotopic (exact) mass is 1050 g/mol. The zero-order valence-corrected chi connectivity index (χ0v) is 49.0. The van der Waals surface area contributed by atoms with E-state index in [9.17, 15) is 10.5 Å². The third kappa shape index (κ3) is 18.7. The molecule has 0 fully saturated rings. The van der Waals surface area contributed by atoms with Crippen molar-refractivity contribution in [2.24, 2.45) is 11.8 Å². The van der Waals surface area contributed by atoms with Crippen molar-refractivity contribution in [2.75, 3.05) is 13.1 Å². The fraction of sp³-hybridized carbons (Fsp3) is 0.556. The maximum Gasteiger partial charge on any atom is 0.261 e. The highest BCUT2D eigenvalue weighted by molar-refractivity contribution is 6.30. The van der Waals surface area contributed by atoms with Gasteiger partial charge in [-0.2, -0.15) is 10.5 Å². The SMILES string of the molecule is CCCCCCCCCCC(CCCCCCCC)CN1C(=O)C2=C(c3ccc(-c4ccc(C#N)cc4)cc3)N(CC(CCCCCCCC)CCCCCCCCCC)C(=O)C2=C1c1ccc(-c2ccc(C#N)cc2)cc1. The molecule has 0 aliphatic carbocycles. The highest BCUT2D eigenvalue weighted by Crippen LogP contribution is 2.48. The van der Waals surface area contributed by atoms with E-state index in [0.29, 0.717) is 47.2 Å². The van der Waals surface area contributed by atoms with Gasteiger partial charge in [-0.3, -0.25) is 9.59 Å². The lowest BCUT2D eigenvalue weighted by Gasteiger charge is -2.30. The molecule has 6 rings (SSSR count). The summed E-state index contributed by atoms with van der Waals surface area (Å²) in [7, 11) is 0. The molecule has 0 aromatic heterocycles. The summed E-state index contributed by atoms with van der Waals surface area (Å²) in [5, 5.41) is 19.1. The molecule has 4 aromatic carbocycles. The summed E-state index contributed by atoms with van der Waals surface area (Å²) in [6.07, 6.45) is 39.5. The van der Waals surface area contributed by atoms with Gasteiger partial charge >= 0.3 is 0 Å². The Balaban J connectivity index is 1.41. The molecule has 2 aliphatic rings. The molecule has 0 spiro atoms. The van der Waals surface area contributed by atoms with Crippen molar-refractivity contribution in [3.8, 4) is 34.4 Å². The number of carbonyl (C=O) groups is 2. The minimum absolute atomic E-state index is 0.0439. The van der Waals surface area contributed by atoms with Gasteiger partial charge in [0.15, 0.2) is 0 Å². The van der Waals surface area contributed by atoms with Crippen LogP contribution in [0.25, 0.3) is 33.6 Å². The quantitative estimate of drug-likeness (QED) is 0.0415. The number of carbonyl (C=O) groups excluding carboxylic acids is 2. The largest absolute Gasteiger partial charge is 0.307 e. The summed E-state index contributed by atoms with van der Waals surface area (Å²) < 4.78 is 0. The maximum atomic E-state index is 15.9. The third-order valence-corrected chi connectivity index (χ3v) is 16.9. The average molecular weight is 1050 g/mol. The lowest BCUT2D eigenvalue weighted by atomic mass is 9.92. The zero-order valence-electron chi connectivity index (χ0n) is 49.0. The second kappa shape index (κ2) is 35.0. The van der Waals surface area contributed by atoms with Gasteiger partial charge in [0.05, 0.1) is 45.8 Å². The van der Waals surface area contributed by atoms with E-state index < -0.39 is 0 Å². The number of unbranched alkanes of at least 4 members (excludes halogenated alkanes) is 24. The van der Waals surface area contributed by atoms with E-state index in [1.807, 2.05) is 58.3 Å². The molecular weight excluding hydrogens is 953 g/mol. The number of hydrogen-bond donors (Lipinski definition) is 0. The summed E-state index contributed by atoms with van der Waals surface area (Å²) >= 11 is 0. The first-order chi connectivity index (χ1) is 38.3. The molecule has 0 saturated carbocycles. The minimum atomic E-state index is -0.0439. The molecule has 0 radical (unpaired) electrons. The Bertz CT molecular complexity index is 2360. The Morgan fingerprint density at radius 3 is 0.782 bits per heavy atom. The Morgan fingerprint density at radius 2 is 0.538 bits per heavy atom. The van der Waals surface area contributed by atoms with Gasteiger partial charge in [-0.25, -0.2) is 0 Å². The van der Waals surface area contributed by atoms with Gasteiger partial charge in [-0.1, -0.05) is 280 Å². The molecule has 0 saturated heterocycles. The molecular formula is C72H98N4O2. The van der Waals surface area contributed by atoms with E-state index in [4.69, 9.17) is 0 Å². The molecule has 2 heterocycles. The topological polar surface area (TPSA) is 88.2 Å². The molecule has 2 aliphatic heterocycles. The fourth-order valence-corrected chi connectivity index (χ4v) is 12.2. The first-order valence-corrected chi connectivity index (χ1v) is 31.7. The minimum Gasteiger partial charge on any atom is -0.307 e. The second-order valence-electron chi connectivity index (χ2n) is 23.2. The summed E-state index contributed by atoms with van der Waals surface area (Å²) in [6.45, 7) is 10.3. The van der Waals surface area contributed by atoms with E-state index in [1.165, 1.54) is 154 Å². The van der Waals surface area contributed by atoms with Crippen LogP contribution in [-0.4, -0.2) is 34.7 Å². The molecule has 4 aromatic rings. The van der Waals surface area contributed by atoms with Gasteiger partial charge in [0.1, 0.15) is 0 Å². The van der Waals surface area contributed by atoms with Gasteiger partial charge in [-0.05, 0) is 95.2 Å². The summed E-state index contributed by atoms with van der Waals surface area (Å²) in [4.78, 5) is 36.0. The average Bonchev–Trinajstić information content (AvgIpc) is 4.17. The van der Waals surface area contributed by atoms with Gasteiger partial charge in [0.2, 0.25) is 0 Å². The number of nitriles is 2. The Labute approximate surface area is 473 Å². The normalized spacial score (nSPS) is 14.1. The van der Waals surface area contributed by atoms with E-state index in [0.717, 1.165) is 96.1 Å². The number of benzene rings is 4. The zero-order chi connectivity index (χ0) is 55.2. The van der Waals surface area contributed by atoms with Crippen LogP contribution < -0.4 is 0 Å². The molecule has 0 bridgehead atoms. The first kappa shape index (κ1) is 61.5. The maximum absolute atomic E-state index is 15.9. The number of hydrogen-bond acceptors (Lipinski definition) is 4. The molecule has 418 valence electrons. The molecule has 2 unspecified atom stereocenters. The van der Waals surface area contributed by atoms with Crippen molar-refractivity contribution in [2.45, 2.75) is 233 Å². The Morgan fingerprint density at radius 1 is 0.321 bits per heavy atom. The van der Waals surface area contributed by atoms with Crippen molar-refractivity contribution >= 4 is 23.2 Å². The van der Waals surface area contributed by atoms with Crippen LogP contribution in [0.1, 0.15) is 255 Å². The van der Waals surface area contributed by atoms with Gasteiger partial charge in [0, 0.05) is 13.1 Å². The lowest BCUT2D eigenvalue weighted by Crippen LogP contribution is -2.35. The van der Waals surface area contributed by atoms with Crippen LogP contribution in [-0.2, 0) is 9.59 Å². The van der Waals surface area contributed by atoms with E-state index in [2.05, 4.69) is 88.4 Å². The summed E-state index contributed by atoms with van der Waals surface area (Å²) in [5.41, 5.74) is 9.78. The van der Waals surface area contributed by atoms with E-state index in [1.54, 1.807) is 0 Å². The summed E-state index contributed by atoms with van der Waals surface area (Å²) in [6, 6.07) is 36.8. The van der Waals surface area contributed by atoms with Crippen LogP contribution in [0.5, 0.6) is 0 Å². The highest BCUT2D eigenvalue weighted by atomic mass is 16.2. The highest BCUT2D eigenvalue weighted by Gasteiger charge is 2.49. The van der Waals surface area contributed by atoms with Crippen LogP contribution in [0.15, 0.2) is 108 Å². The second-order valence-corrected chi connectivity index (χ2v) is 23.2. The van der Waals surface area contributed by atoms with Gasteiger partial charge < -0.3 is 9.80 Å². The number of fused-ring (bicyclic) bond motifs is 1. The number of nitrogens with zero attached hydrogens (tertiary/aromatic N) is 4. The van der Waals surface area contributed by atoms with Crippen molar-refractivity contribution in [3.63, 3.8) is 0 Å². The van der Waals surface area contributed by atoms with E-state index >= 15 is 9.59 Å². The van der Waals surface area contributed by atoms with E-state index in [-0.39, 0.29) is 11.8 Å². The van der Waals surface area contributed by atoms with Crippen LogP contribution in [0, 0.1) is 34.5 Å². The van der Waals surface area contributed by atoms with Crippen molar-refractivity contribution in [3.05, 3.63) is 130 Å². The van der Waals surface area contributed by atoms with Crippen LogP contribution in [0.4, 0.5) is 0 Å². The molecule has 6 heteroatoms. The van der Waals surface area contributed by atoms with Crippen molar-refractivity contribution in [1.29, 1.82) is 10.5 Å². The third-order valence-electron chi connectivity index (χ3n) is 16.9. The van der Waals surface area contributed by atoms with Gasteiger partial charge in [-0.15, -0.1) is 0 Å². The molecule has 0 N–H and O–H groups in total. The molecule has 2 amide bonds. The fourth-order valence-electron chi connectivity index (χ4n) is 12.2. The van der Waals surface area contributed by atoms with Crippen molar-refractivity contribution < 1.29 is 9.59 Å². The van der Waals surface area contributed by atoms with Crippen molar-refractivity contribution in [1.82, 2.24) is 9.80 Å². The smallest absolute Gasteiger partial charge is 0.261 e. The predicted octanol–water partition coefficient (Wildman–Crippen LogP) is 20.4. The molecule has 78 heavy (non-hydrogen) atoms.